The van der Waals surface area contributed by atoms with Gasteiger partial charge >= 0.3 is 0 Å². The molecule has 1 unspecified atom stereocenters. The van der Waals surface area contributed by atoms with E-state index in [9.17, 15) is 5.11 Å². The van der Waals surface area contributed by atoms with Crippen LogP contribution < -0.4 is 0 Å². The third-order valence-corrected chi connectivity index (χ3v) is 2.71. The maximum Gasteiger partial charge on any atom is 0.0875 e. The average Bonchev–Trinajstić information content (AvgIpc) is 2.28. The monoisotopic (exact) mass is 206 g/mol. The zero-order valence-corrected chi connectivity index (χ0v) is 9.27. The zero-order chi connectivity index (χ0) is 11.5. The van der Waals surface area contributed by atoms with E-state index in [0.717, 1.165) is 11.1 Å². The topological polar surface area (TPSA) is 40.5 Å². The van der Waals surface area contributed by atoms with E-state index < -0.39 is 6.10 Å². The molecule has 0 spiro atoms. The summed E-state index contributed by atoms with van der Waals surface area (Å²) in [4.78, 5) is 0. The molecule has 1 aromatic rings. The van der Waals surface area contributed by atoms with E-state index >= 15 is 0 Å². The fourth-order valence-corrected chi connectivity index (χ4v) is 1.35. The summed E-state index contributed by atoms with van der Waals surface area (Å²) >= 11 is 0. The summed E-state index contributed by atoms with van der Waals surface area (Å²) in [7, 11) is 0. The van der Waals surface area contributed by atoms with Crippen molar-refractivity contribution in [1.29, 1.82) is 0 Å². The van der Waals surface area contributed by atoms with Crippen LogP contribution in [0.4, 0.5) is 0 Å². The van der Waals surface area contributed by atoms with Crippen molar-refractivity contribution in [3.8, 4) is 0 Å². The number of benzene rings is 1. The van der Waals surface area contributed by atoms with Crippen LogP contribution in [-0.4, -0.2) is 10.2 Å². The highest BCUT2D eigenvalue weighted by Gasteiger charge is 2.25. The normalized spacial score (nSPS) is 13.6. The van der Waals surface area contributed by atoms with Crippen molar-refractivity contribution in [2.45, 2.75) is 26.6 Å². The lowest BCUT2D eigenvalue weighted by Crippen LogP contribution is -2.19. The molecule has 15 heavy (non-hydrogen) atoms. The minimum Gasteiger partial charge on any atom is -0.392 e. The number of aliphatic hydroxyl groups excluding tert-OH is 2. The summed E-state index contributed by atoms with van der Waals surface area (Å²) in [6.07, 6.45) is 1.18. The van der Waals surface area contributed by atoms with Gasteiger partial charge in [-0.3, -0.25) is 0 Å². The molecule has 1 rings (SSSR count). The van der Waals surface area contributed by atoms with Gasteiger partial charge in [-0.1, -0.05) is 44.2 Å². The maximum absolute atomic E-state index is 10.1. The number of hydrogen-bond donors (Lipinski definition) is 2. The van der Waals surface area contributed by atoms with Gasteiger partial charge in [0.1, 0.15) is 0 Å². The van der Waals surface area contributed by atoms with Gasteiger partial charge in [0.25, 0.3) is 0 Å². The molecule has 0 aliphatic heterocycles. The molecule has 0 fully saturated rings. The Hall–Kier alpha value is -1.12. The van der Waals surface area contributed by atoms with E-state index in [1.807, 2.05) is 38.1 Å². The Kier molecular flexibility index (Phi) is 3.66. The van der Waals surface area contributed by atoms with Crippen molar-refractivity contribution in [3.05, 3.63) is 48.0 Å². The van der Waals surface area contributed by atoms with Crippen LogP contribution in [0.5, 0.6) is 0 Å². The Labute approximate surface area is 90.9 Å². The Morgan fingerprint density at radius 1 is 1.33 bits per heavy atom. The highest BCUT2D eigenvalue weighted by atomic mass is 16.3. The lowest BCUT2D eigenvalue weighted by Gasteiger charge is -2.27. The highest BCUT2D eigenvalue weighted by Crippen LogP contribution is 2.33. The first-order valence-corrected chi connectivity index (χ1v) is 5.02. The minimum absolute atomic E-state index is 0.0290. The van der Waals surface area contributed by atoms with Crippen molar-refractivity contribution in [2.75, 3.05) is 0 Å². The number of rotatable bonds is 4. The van der Waals surface area contributed by atoms with Gasteiger partial charge < -0.3 is 10.2 Å². The van der Waals surface area contributed by atoms with E-state index in [4.69, 9.17) is 5.11 Å². The molecule has 0 amide bonds. The van der Waals surface area contributed by atoms with Gasteiger partial charge in [-0.05, 0) is 11.1 Å². The number of aliphatic hydroxyl groups is 2. The summed E-state index contributed by atoms with van der Waals surface area (Å²) in [6, 6.07) is 7.30. The van der Waals surface area contributed by atoms with Gasteiger partial charge in [0, 0.05) is 5.41 Å². The lowest BCUT2D eigenvalue weighted by atomic mass is 9.83. The quantitative estimate of drug-likeness (QED) is 0.743. The molecular formula is C13H18O2. The Balaban J connectivity index is 2.92. The molecular weight excluding hydrogens is 188 g/mol. The predicted octanol–water partition coefficient (Wildman–Crippen LogP) is 2.42. The fraction of sp³-hybridized carbons (Fsp3) is 0.385. The summed E-state index contributed by atoms with van der Waals surface area (Å²) in [5.74, 6) is 0. The number of hydrogen-bond acceptors (Lipinski definition) is 2. The Bertz CT molecular complexity index is 325. The fourth-order valence-electron chi connectivity index (χ4n) is 1.35. The van der Waals surface area contributed by atoms with Gasteiger partial charge in [-0.2, -0.15) is 0 Å². The molecule has 0 heterocycles. The second kappa shape index (κ2) is 4.60. The third kappa shape index (κ3) is 2.67. The summed E-state index contributed by atoms with van der Waals surface area (Å²) < 4.78 is 0. The highest BCUT2D eigenvalue weighted by molar-refractivity contribution is 5.25. The molecule has 0 aromatic heterocycles. The summed E-state index contributed by atoms with van der Waals surface area (Å²) in [6.45, 7) is 7.61. The van der Waals surface area contributed by atoms with E-state index in [1.165, 1.54) is 0 Å². The van der Waals surface area contributed by atoms with Crippen LogP contribution in [-0.2, 0) is 6.61 Å². The Morgan fingerprint density at radius 3 is 2.27 bits per heavy atom. The van der Waals surface area contributed by atoms with Crippen LogP contribution >= 0.6 is 0 Å². The molecule has 82 valence electrons. The first-order chi connectivity index (χ1) is 7.01. The molecule has 1 aromatic carbocycles. The molecule has 0 aliphatic carbocycles. The zero-order valence-electron chi connectivity index (χ0n) is 9.27. The van der Waals surface area contributed by atoms with Crippen LogP contribution in [0.1, 0.15) is 31.1 Å². The molecule has 0 radical (unpaired) electrons. The average molecular weight is 206 g/mol. The first kappa shape index (κ1) is 12.0. The van der Waals surface area contributed by atoms with E-state index in [2.05, 4.69) is 6.58 Å². The van der Waals surface area contributed by atoms with Crippen LogP contribution in [0.2, 0.25) is 0 Å². The van der Waals surface area contributed by atoms with Crippen molar-refractivity contribution in [2.24, 2.45) is 5.41 Å². The van der Waals surface area contributed by atoms with Crippen LogP contribution in [0, 0.1) is 5.41 Å². The van der Waals surface area contributed by atoms with Gasteiger partial charge in [0.2, 0.25) is 0 Å². The molecule has 0 saturated carbocycles. The van der Waals surface area contributed by atoms with Crippen LogP contribution in [0.25, 0.3) is 0 Å². The SMILES string of the molecule is C=CC(C)(C)C(O)c1ccc(CO)cc1. The van der Waals surface area contributed by atoms with E-state index in [1.54, 1.807) is 6.08 Å². The minimum atomic E-state index is -0.567. The van der Waals surface area contributed by atoms with Crippen LogP contribution in [0.15, 0.2) is 36.9 Å². The predicted molar refractivity (Wildman–Crippen MR) is 61.3 cm³/mol. The lowest BCUT2D eigenvalue weighted by molar-refractivity contribution is 0.0822. The van der Waals surface area contributed by atoms with E-state index in [0.29, 0.717) is 0 Å². The van der Waals surface area contributed by atoms with Crippen molar-refractivity contribution >= 4 is 0 Å². The van der Waals surface area contributed by atoms with Crippen molar-refractivity contribution in [3.63, 3.8) is 0 Å². The second-order valence-electron chi connectivity index (χ2n) is 4.33. The third-order valence-electron chi connectivity index (χ3n) is 2.71. The van der Waals surface area contributed by atoms with Crippen molar-refractivity contribution in [1.82, 2.24) is 0 Å². The van der Waals surface area contributed by atoms with E-state index in [-0.39, 0.29) is 12.0 Å². The van der Waals surface area contributed by atoms with Gasteiger partial charge in [-0.15, -0.1) is 6.58 Å². The smallest absolute Gasteiger partial charge is 0.0875 e. The Morgan fingerprint density at radius 2 is 1.87 bits per heavy atom. The molecule has 2 heteroatoms. The molecule has 2 N–H and O–H groups in total. The van der Waals surface area contributed by atoms with Gasteiger partial charge in [0.15, 0.2) is 0 Å². The molecule has 0 aliphatic rings. The molecule has 0 saturated heterocycles. The summed E-state index contributed by atoms with van der Waals surface area (Å²) in [5.41, 5.74) is 1.35. The second-order valence-corrected chi connectivity index (χ2v) is 4.33. The van der Waals surface area contributed by atoms with Gasteiger partial charge in [0.05, 0.1) is 12.7 Å². The summed E-state index contributed by atoms with van der Waals surface area (Å²) in [5, 5.41) is 19.0. The first-order valence-electron chi connectivity index (χ1n) is 5.02. The molecule has 0 bridgehead atoms. The van der Waals surface area contributed by atoms with Crippen LogP contribution in [0.3, 0.4) is 0 Å². The largest absolute Gasteiger partial charge is 0.392 e. The molecule has 2 nitrogen and oxygen atoms in total. The molecule has 1 atom stereocenters. The standard InChI is InChI=1S/C13H18O2/c1-4-13(2,3)12(15)11-7-5-10(9-14)6-8-11/h4-8,12,14-15H,1,9H2,2-3H3. The maximum atomic E-state index is 10.1. The van der Waals surface area contributed by atoms with Gasteiger partial charge in [-0.25, -0.2) is 0 Å². The van der Waals surface area contributed by atoms with Crippen molar-refractivity contribution < 1.29 is 10.2 Å².